The van der Waals surface area contributed by atoms with E-state index < -0.39 is 5.41 Å². The average Bonchev–Trinajstić information content (AvgIpc) is 2.14. The van der Waals surface area contributed by atoms with Gasteiger partial charge in [0.1, 0.15) is 5.41 Å². The first-order chi connectivity index (χ1) is 6.99. The molecule has 0 saturated heterocycles. The molecule has 15 heavy (non-hydrogen) atoms. The predicted octanol–water partition coefficient (Wildman–Crippen LogP) is 3.32. The first-order valence-corrected chi connectivity index (χ1v) is 5.39. The number of nitrogens with zero attached hydrogens (tertiary/aromatic N) is 2. The maximum atomic E-state index is 9.30. The third-order valence-corrected chi connectivity index (χ3v) is 3.29. The summed E-state index contributed by atoms with van der Waals surface area (Å²) in [5, 5.41) is 9.90. The van der Waals surface area contributed by atoms with Gasteiger partial charge < -0.3 is 0 Å². The van der Waals surface area contributed by atoms with Gasteiger partial charge in [-0.05, 0) is 30.4 Å². The molecule has 2 rings (SSSR count). The van der Waals surface area contributed by atoms with Crippen molar-refractivity contribution in [2.45, 2.75) is 32.1 Å². The lowest BCUT2D eigenvalue weighted by Crippen LogP contribution is -2.46. The number of halogens is 1. The fourth-order valence-corrected chi connectivity index (χ4v) is 2.92. The molecule has 0 radical (unpaired) electrons. The van der Waals surface area contributed by atoms with E-state index >= 15 is 0 Å². The Balaban J connectivity index is 2.39. The summed E-state index contributed by atoms with van der Waals surface area (Å²) < 4.78 is 0. The average molecular weight is 221 g/mol. The van der Waals surface area contributed by atoms with Crippen LogP contribution >= 0.6 is 11.6 Å². The summed E-state index contributed by atoms with van der Waals surface area (Å²) in [5.41, 5.74) is 0.520. The standard InChI is InChI=1S/C12H13ClN2/c1-11(2)6-12(7-11,8-14)10-9(13)4-3-5-15-10/h3-5H,6-7H2,1-2H3. The van der Waals surface area contributed by atoms with Crippen molar-refractivity contribution in [2.75, 3.05) is 0 Å². The van der Waals surface area contributed by atoms with Gasteiger partial charge in [-0.25, -0.2) is 0 Å². The van der Waals surface area contributed by atoms with Crippen molar-refractivity contribution in [3.63, 3.8) is 0 Å². The Kier molecular flexibility index (Phi) is 2.24. The highest BCUT2D eigenvalue weighted by Crippen LogP contribution is 2.55. The Labute approximate surface area is 94.9 Å². The van der Waals surface area contributed by atoms with Crippen molar-refractivity contribution in [1.82, 2.24) is 4.98 Å². The van der Waals surface area contributed by atoms with Crippen LogP contribution in [-0.4, -0.2) is 4.98 Å². The molecular weight excluding hydrogens is 208 g/mol. The topological polar surface area (TPSA) is 36.7 Å². The van der Waals surface area contributed by atoms with Crippen LogP contribution in [-0.2, 0) is 5.41 Å². The Morgan fingerprint density at radius 3 is 2.60 bits per heavy atom. The molecule has 2 nitrogen and oxygen atoms in total. The number of hydrogen-bond acceptors (Lipinski definition) is 2. The molecular formula is C12H13ClN2. The molecule has 1 fully saturated rings. The fraction of sp³-hybridized carbons (Fsp3) is 0.500. The van der Waals surface area contributed by atoms with Gasteiger partial charge in [-0.2, -0.15) is 5.26 Å². The van der Waals surface area contributed by atoms with Gasteiger partial charge >= 0.3 is 0 Å². The lowest BCUT2D eigenvalue weighted by atomic mass is 9.53. The van der Waals surface area contributed by atoms with Crippen LogP contribution in [0.3, 0.4) is 0 Å². The van der Waals surface area contributed by atoms with Crippen molar-refractivity contribution >= 4 is 11.6 Å². The Morgan fingerprint density at radius 2 is 2.13 bits per heavy atom. The summed E-state index contributed by atoms with van der Waals surface area (Å²) in [5.74, 6) is 0. The number of rotatable bonds is 1. The summed E-state index contributed by atoms with van der Waals surface area (Å²) >= 11 is 6.08. The second kappa shape index (κ2) is 3.21. The van der Waals surface area contributed by atoms with Crippen LogP contribution in [0.1, 0.15) is 32.4 Å². The molecule has 1 aliphatic rings. The molecule has 0 unspecified atom stereocenters. The quantitative estimate of drug-likeness (QED) is 0.728. The highest BCUT2D eigenvalue weighted by atomic mass is 35.5. The summed E-state index contributed by atoms with van der Waals surface area (Å²) in [4.78, 5) is 4.25. The van der Waals surface area contributed by atoms with Crippen LogP contribution in [0.25, 0.3) is 0 Å². The van der Waals surface area contributed by atoms with Crippen LogP contribution in [0.5, 0.6) is 0 Å². The van der Waals surface area contributed by atoms with Crippen LogP contribution in [0.15, 0.2) is 18.3 Å². The third-order valence-electron chi connectivity index (χ3n) is 2.99. The first-order valence-electron chi connectivity index (χ1n) is 5.01. The normalized spacial score (nSPS) is 21.5. The van der Waals surface area contributed by atoms with Gasteiger partial charge in [-0.1, -0.05) is 25.4 Å². The molecule has 1 heterocycles. The van der Waals surface area contributed by atoms with Crippen molar-refractivity contribution in [3.8, 4) is 6.07 Å². The lowest BCUT2D eigenvalue weighted by molar-refractivity contribution is 0.0968. The first kappa shape index (κ1) is 10.4. The van der Waals surface area contributed by atoms with Crippen LogP contribution in [0.2, 0.25) is 5.02 Å². The van der Waals surface area contributed by atoms with E-state index in [0.29, 0.717) is 5.02 Å². The van der Waals surface area contributed by atoms with E-state index in [1.165, 1.54) is 0 Å². The molecule has 0 amide bonds. The number of nitriles is 1. The largest absolute Gasteiger partial charge is 0.258 e. The van der Waals surface area contributed by atoms with Gasteiger partial charge in [-0.15, -0.1) is 0 Å². The van der Waals surface area contributed by atoms with Crippen molar-refractivity contribution in [3.05, 3.63) is 29.0 Å². The molecule has 0 aliphatic heterocycles. The lowest BCUT2D eigenvalue weighted by Gasteiger charge is -2.48. The van der Waals surface area contributed by atoms with E-state index in [-0.39, 0.29) is 5.41 Å². The van der Waals surface area contributed by atoms with E-state index in [1.54, 1.807) is 18.3 Å². The molecule has 0 aromatic carbocycles. The minimum Gasteiger partial charge on any atom is -0.258 e. The number of hydrogen-bond donors (Lipinski definition) is 0. The molecule has 1 aromatic heterocycles. The van der Waals surface area contributed by atoms with Gasteiger partial charge in [0, 0.05) is 6.20 Å². The van der Waals surface area contributed by atoms with Gasteiger partial charge in [0.05, 0.1) is 16.8 Å². The molecule has 0 N–H and O–H groups in total. The van der Waals surface area contributed by atoms with Gasteiger partial charge in [0.25, 0.3) is 0 Å². The summed E-state index contributed by atoms with van der Waals surface area (Å²) in [7, 11) is 0. The highest BCUT2D eigenvalue weighted by molar-refractivity contribution is 6.31. The van der Waals surface area contributed by atoms with Crippen molar-refractivity contribution < 1.29 is 0 Å². The Morgan fingerprint density at radius 1 is 1.47 bits per heavy atom. The zero-order chi connectivity index (χ0) is 11.1. The van der Waals surface area contributed by atoms with Crippen LogP contribution in [0.4, 0.5) is 0 Å². The Hall–Kier alpha value is -1.07. The Bertz CT molecular complexity index is 423. The predicted molar refractivity (Wildman–Crippen MR) is 59.6 cm³/mol. The zero-order valence-electron chi connectivity index (χ0n) is 8.92. The summed E-state index contributed by atoms with van der Waals surface area (Å²) in [6.45, 7) is 4.33. The minimum atomic E-state index is -0.457. The van der Waals surface area contributed by atoms with E-state index in [9.17, 15) is 5.26 Å². The smallest absolute Gasteiger partial charge is 0.102 e. The van der Waals surface area contributed by atoms with Crippen LogP contribution < -0.4 is 0 Å². The van der Waals surface area contributed by atoms with Gasteiger partial charge in [0.15, 0.2) is 0 Å². The SMILES string of the molecule is CC1(C)CC(C#N)(c2ncccc2Cl)C1. The zero-order valence-corrected chi connectivity index (χ0v) is 9.67. The van der Waals surface area contributed by atoms with E-state index in [0.717, 1.165) is 18.5 Å². The van der Waals surface area contributed by atoms with Crippen molar-refractivity contribution in [1.29, 1.82) is 5.26 Å². The maximum absolute atomic E-state index is 9.30. The van der Waals surface area contributed by atoms with Crippen molar-refractivity contribution in [2.24, 2.45) is 5.41 Å². The van der Waals surface area contributed by atoms with E-state index in [4.69, 9.17) is 11.6 Å². The molecule has 78 valence electrons. The fourth-order valence-electron chi connectivity index (χ4n) is 2.62. The highest BCUT2D eigenvalue weighted by Gasteiger charge is 2.52. The second-order valence-corrected chi connectivity index (χ2v) is 5.45. The molecule has 1 aromatic rings. The van der Waals surface area contributed by atoms with E-state index in [1.807, 2.05) is 0 Å². The monoisotopic (exact) mass is 220 g/mol. The number of pyridine rings is 1. The van der Waals surface area contributed by atoms with Gasteiger partial charge in [-0.3, -0.25) is 4.98 Å². The minimum absolute atomic E-state index is 0.233. The second-order valence-electron chi connectivity index (χ2n) is 5.05. The molecule has 0 atom stereocenters. The molecule has 0 spiro atoms. The summed E-state index contributed by atoms with van der Waals surface area (Å²) in [6, 6.07) is 5.97. The molecule has 0 bridgehead atoms. The summed E-state index contributed by atoms with van der Waals surface area (Å²) in [6.07, 6.45) is 3.38. The van der Waals surface area contributed by atoms with Crippen LogP contribution in [0, 0.1) is 16.7 Å². The van der Waals surface area contributed by atoms with E-state index in [2.05, 4.69) is 24.9 Å². The number of aromatic nitrogens is 1. The third kappa shape index (κ3) is 1.61. The molecule has 1 saturated carbocycles. The maximum Gasteiger partial charge on any atom is 0.102 e. The molecule has 1 aliphatic carbocycles. The molecule has 3 heteroatoms. The van der Waals surface area contributed by atoms with Gasteiger partial charge in [0.2, 0.25) is 0 Å².